The first-order chi connectivity index (χ1) is 8.60. The maximum absolute atomic E-state index is 11.5. The predicted molar refractivity (Wildman–Crippen MR) is 70.9 cm³/mol. The van der Waals surface area contributed by atoms with Crippen LogP contribution in [0.3, 0.4) is 0 Å². The van der Waals surface area contributed by atoms with Crippen LogP contribution in [-0.4, -0.2) is 24.1 Å². The Kier molecular flexibility index (Phi) is 3.63. The number of carbonyl (C=O) groups is 1. The number of fused-ring (bicyclic) bond motifs is 1. The van der Waals surface area contributed by atoms with Gasteiger partial charge in [-0.25, -0.2) is 0 Å². The molecule has 94 valence electrons. The summed E-state index contributed by atoms with van der Waals surface area (Å²) in [4.78, 5) is 11.5. The topological polar surface area (TPSA) is 46.5 Å². The fourth-order valence-corrected chi connectivity index (χ4v) is 1.86. The van der Waals surface area contributed by atoms with E-state index in [1.165, 1.54) is 6.92 Å². The second kappa shape index (κ2) is 5.19. The number of rotatable bonds is 4. The second-order valence-electron chi connectivity index (χ2n) is 4.37. The van der Waals surface area contributed by atoms with E-state index in [-0.39, 0.29) is 12.2 Å². The molecule has 0 saturated heterocycles. The summed E-state index contributed by atoms with van der Waals surface area (Å²) in [6.45, 7) is 1.49. The van der Waals surface area contributed by atoms with Crippen molar-refractivity contribution in [3.8, 4) is 5.75 Å². The third-order valence-electron chi connectivity index (χ3n) is 2.96. The summed E-state index contributed by atoms with van der Waals surface area (Å²) in [6.07, 6.45) is -0.642. The van der Waals surface area contributed by atoms with E-state index < -0.39 is 6.10 Å². The van der Waals surface area contributed by atoms with Crippen LogP contribution in [0.4, 0.5) is 0 Å². The minimum atomic E-state index is -0.906. The number of ketones is 1. The van der Waals surface area contributed by atoms with Crippen LogP contribution >= 0.6 is 0 Å². The number of hydrogen-bond donors (Lipinski definition) is 1. The van der Waals surface area contributed by atoms with Crippen molar-refractivity contribution >= 4 is 16.6 Å². The first-order valence-corrected chi connectivity index (χ1v) is 5.87. The SMILES string of the molecule is COc1ccc2cc(CC(=O)C(C)O)ccc2c1. The molecule has 0 aromatic heterocycles. The van der Waals surface area contributed by atoms with Crippen molar-refractivity contribution in [2.24, 2.45) is 0 Å². The fraction of sp³-hybridized carbons (Fsp3) is 0.267. The number of hydrogen-bond acceptors (Lipinski definition) is 3. The Morgan fingerprint density at radius 1 is 1.22 bits per heavy atom. The number of aliphatic hydroxyl groups is 1. The lowest BCUT2D eigenvalue weighted by Gasteiger charge is -2.06. The van der Waals surface area contributed by atoms with Crippen LogP contribution in [0.15, 0.2) is 36.4 Å². The molecule has 2 aromatic rings. The van der Waals surface area contributed by atoms with Gasteiger partial charge >= 0.3 is 0 Å². The fourth-order valence-electron chi connectivity index (χ4n) is 1.86. The number of ether oxygens (including phenoxy) is 1. The van der Waals surface area contributed by atoms with E-state index in [4.69, 9.17) is 4.74 Å². The highest BCUT2D eigenvalue weighted by Gasteiger charge is 2.10. The Hall–Kier alpha value is -1.87. The van der Waals surface area contributed by atoms with Gasteiger partial charge in [-0.1, -0.05) is 24.3 Å². The van der Waals surface area contributed by atoms with Gasteiger partial charge in [-0.15, -0.1) is 0 Å². The molecule has 0 radical (unpaired) electrons. The third kappa shape index (κ3) is 2.68. The number of aliphatic hydroxyl groups excluding tert-OH is 1. The van der Waals surface area contributed by atoms with E-state index in [0.29, 0.717) is 0 Å². The molecule has 0 aliphatic rings. The Morgan fingerprint density at radius 2 is 1.89 bits per heavy atom. The zero-order chi connectivity index (χ0) is 13.1. The molecule has 1 atom stereocenters. The normalized spacial score (nSPS) is 12.4. The van der Waals surface area contributed by atoms with Crippen molar-refractivity contribution in [1.29, 1.82) is 0 Å². The third-order valence-corrected chi connectivity index (χ3v) is 2.96. The molecule has 0 aliphatic heterocycles. The standard InChI is InChI=1S/C15H16O3/c1-10(16)15(17)8-11-3-4-13-9-14(18-2)6-5-12(13)7-11/h3-7,9-10,16H,8H2,1-2H3. The zero-order valence-electron chi connectivity index (χ0n) is 10.5. The molecule has 0 saturated carbocycles. The van der Waals surface area contributed by atoms with Crippen molar-refractivity contribution in [2.75, 3.05) is 7.11 Å². The van der Waals surface area contributed by atoms with Crippen LogP contribution in [0.1, 0.15) is 12.5 Å². The van der Waals surface area contributed by atoms with Crippen molar-refractivity contribution in [2.45, 2.75) is 19.4 Å². The van der Waals surface area contributed by atoms with Crippen molar-refractivity contribution in [1.82, 2.24) is 0 Å². The second-order valence-corrected chi connectivity index (χ2v) is 4.37. The summed E-state index contributed by atoms with van der Waals surface area (Å²) in [7, 11) is 1.64. The number of benzene rings is 2. The summed E-state index contributed by atoms with van der Waals surface area (Å²) in [5, 5.41) is 11.3. The minimum Gasteiger partial charge on any atom is -0.497 e. The van der Waals surface area contributed by atoms with E-state index in [1.807, 2.05) is 36.4 Å². The van der Waals surface area contributed by atoms with Gasteiger partial charge < -0.3 is 9.84 Å². The zero-order valence-corrected chi connectivity index (χ0v) is 10.5. The lowest BCUT2D eigenvalue weighted by Crippen LogP contribution is -2.18. The van der Waals surface area contributed by atoms with Crippen LogP contribution in [0.2, 0.25) is 0 Å². The van der Waals surface area contributed by atoms with Crippen LogP contribution in [0.5, 0.6) is 5.75 Å². The molecule has 3 nitrogen and oxygen atoms in total. The van der Waals surface area contributed by atoms with Crippen molar-refractivity contribution < 1.29 is 14.6 Å². The molecule has 0 spiro atoms. The van der Waals surface area contributed by atoms with Crippen LogP contribution in [0, 0.1) is 0 Å². The molecule has 0 aliphatic carbocycles. The van der Waals surface area contributed by atoms with Gasteiger partial charge in [0.05, 0.1) is 7.11 Å². The van der Waals surface area contributed by atoms with Crippen LogP contribution in [0.25, 0.3) is 10.8 Å². The summed E-state index contributed by atoms with van der Waals surface area (Å²) in [6, 6.07) is 11.6. The summed E-state index contributed by atoms with van der Waals surface area (Å²) in [5.74, 6) is 0.651. The summed E-state index contributed by atoms with van der Waals surface area (Å²) >= 11 is 0. The van der Waals surface area contributed by atoms with Gasteiger partial charge in [0.25, 0.3) is 0 Å². The van der Waals surface area contributed by atoms with E-state index in [9.17, 15) is 9.90 Å². The number of methoxy groups -OCH3 is 1. The van der Waals surface area contributed by atoms with Gasteiger partial charge in [-0.3, -0.25) is 4.79 Å². The highest BCUT2D eigenvalue weighted by atomic mass is 16.5. The molecular formula is C15H16O3. The number of carbonyl (C=O) groups excluding carboxylic acids is 1. The lowest BCUT2D eigenvalue weighted by molar-refractivity contribution is -0.125. The highest BCUT2D eigenvalue weighted by molar-refractivity contribution is 5.88. The van der Waals surface area contributed by atoms with Crippen molar-refractivity contribution in [3.63, 3.8) is 0 Å². The van der Waals surface area contributed by atoms with Gasteiger partial charge in [-0.2, -0.15) is 0 Å². The Balaban J connectivity index is 2.30. The predicted octanol–water partition coefficient (Wildman–Crippen LogP) is 2.34. The highest BCUT2D eigenvalue weighted by Crippen LogP contribution is 2.22. The molecule has 1 unspecified atom stereocenters. The maximum atomic E-state index is 11.5. The van der Waals surface area contributed by atoms with E-state index in [2.05, 4.69) is 0 Å². The van der Waals surface area contributed by atoms with E-state index in [0.717, 1.165) is 22.1 Å². The molecule has 0 bridgehead atoms. The number of Topliss-reactive ketones (excluding diaryl/α,β-unsaturated/α-hetero) is 1. The lowest BCUT2D eigenvalue weighted by atomic mass is 10.0. The van der Waals surface area contributed by atoms with Crippen LogP contribution in [-0.2, 0) is 11.2 Å². The molecule has 2 aromatic carbocycles. The molecule has 0 fully saturated rings. The molecule has 2 rings (SSSR count). The van der Waals surface area contributed by atoms with Gasteiger partial charge in [0.2, 0.25) is 0 Å². The smallest absolute Gasteiger partial charge is 0.165 e. The molecule has 0 amide bonds. The van der Waals surface area contributed by atoms with Gasteiger partial charge in [-0.05, 0) is 35.4 Å². The molecule has 1 N–H and O–H groups in total. The van der Waals surface area contributed by atoms with E-state index in [1.54, 1.807) is 7.11 Å². The van der Waals surface area contributed by atoms with Crippen molar-refractivity contribution in [3.05, 3.63) is 42.0 Å². The van der Waals surface area contributed by atoms with Gasteiger partial charge in [0.1, 0.15) is 11.9 Å². The summed E-state index contributed by atoms with van der Waals surface area (Å²) in [5.41, 5.74) is 0.915. The largest absolute Gasteiger partial charge is 0.497 e. The average Bonchev–Trinajstić information content (AvgIpc) is 2.37. The molecular weight excluding hydrogens is 228 g/mol. The van der Waals surface area contributed by atoms with E-state index >= 15 is 0 Å². The quantitative estimate of drug-likeness (QED) is 0.898. The Bertz CT molecular complexity index is 573. The molecule has 18 heavy (non-hydrogen) atoms. The maximum Gasteiger partial charge on any atom is 0.165 e. The Labute approximate surface area is 106 Å². The van der Waals surface area contributed by atoms with Crippen LogP contribution < -0.4 is 4.74 Å². The first-order valence-electron chi connectivity index (χ1n) is 5.87. The first kappa shape index (κ1) is 12.6. The minimum absolute atomic E-state index is 0.164. The molecule has 3 heteroatoms. The molecule has 0 heterocycles. The average molecular weight is 244 g/mol. The van der Waals surface area contributed by atoms with Gasteiger partial charge in [0, 0.05) is 6.42 Å². The van der Waals surface area contributed by atoms with Gasteiger partial charge in [0.15, 0.2) is 5.78 Å². The monoisotopic (exact) mass is 244 g/mol. The summed E-state index contributed by atoms with van der Waals surface area (Å²) < 4.78 is 5.16. The Morgan fingerprint density at radius 3 is 2.56 bits per heavy atom.